The molecule has 0 unspecified atom stereocenters. The molecule has 1 aliphatic rings. The third kappa shape index (κ3) is 4.21. The number of esters is 1. The van der Waals surface area contributed by atoms with Gasteiger partial charge < -0.3 is 19.6 Å². The van der Waals surface area contributed by atoms with E-state index in [-0.39, 0.29) is 11.3 Å². The molecule has 0 aliphatic carbocycles. The standard InChI is InChI=1S/C15H22N2O3/c1-16-8-10-17(11-9-16)7-4-12-20-15(19)13-5-2-3-6-14(13)18/h2-3,5-6,18H,4,7-12H2,1H3. The van der Waals surface area contributed by atoms with Gasteiger partial charge in [-0.05, 0) is 25.6 Å². The average Bonchev–Trinajstić information content (AvgIpc) is 2.46. The van der Waals surface area contributed by atoms with E-state index in [0.717, 1.165) is 39.1 Å². The van der Waals surface area contributed by atoms with Gasteiger partial charge in [-0.15, -0.1) is 0 Å². The van der Waals surface area contributed by atoms with E-state index >= 15 is 0 Å². The molecule has 0 aromatic heterocycles. The van der Waals surface area contributed by atoms with Crippen LogP contribution in [0.4, 0.5) is 0 Å². The Morgan fingerprint density at radius 3 is 2.65 bits per heavy atom. The molecule has 20 heavy (non-hydrogen) atoms. The number of likely N-dealkylation sites (N-methyl/N-ethyl adjacent to an activating group) is 1. The second-order valence-electron chi connectivity index (χ2n) is 5.15. The highest BCUT2D eigenvalue weighted by molar-refractivity contribution is 5.92. The van der Waals surface area contributed by atoms with Crippen LogP contribution in [0.15, 0.2) is 24.3 Å². The van der Waals surface area contributed by atoms with Crippen molar-refractivity contribution in [2.45, 2.75) is 6.42 Å². The molecule has 0 radical (unpaired) electrons. The summed E-state index contributed by atoms with van der Waals surface area (Å²) in [4.78, 5) is 16.5. The van der Waals surface area contributed by atoms with Crippen molar-refractivity contribution in [2.75, 3.05) is 46.4 Å². The zero-order valence-corrected chi connectivity index (χ0v) is 11.9. The minimum absolute atomic E-state index is 0.0310. The van der Waals surface area contributed by atoms with Crippen molar-refractivity contribution in [1.82, 2.24) is 9.80 Å². The molecule has 0 spiro atoms. The summed E-state index contributed by atoms with van der Waals surface area (Å²) < 4.78 is 5.19. The van der Waals surface area contributed by atoms with Gasteiger partial charge in [-0.25, -0.2) is 4.79 Å². The minimum atomic E-state index is -0.457. The molecule has 2 rings (SSSR count). The fourth-order valence-electron chi connectivity index (χ4n) is 2.25. The fourth-order valence-corrected chi connectivity index (χ4v) is 2.25. The van der Waals surface area contributed by atoms with Crippen LogP contribution in [0.25, 0.3) is 0 Å². The lowest BCUT2D eigenvalue weighted by Gasteiger charge is -2.32. The predicted octanol–water partition coefficient (Wildman–Crippen LogP) is 1.19. The number of nitrogens with zero attached hydrogens (tertiary/aromatic N) is 2. The highest BCUT2D eigenvalue weighted by Crippen LogP contribution is 2.16. The van der Waals surface area contributed by atoms with Crippen LogP contribution in [0.1, 0.15) is 16.8 Å². The molecule has 110 valence electrons. The average molecular weight is 278 g/mol. The first-order valence-corrected chi connectivity index (χ1v) is 7.03. The largest absolute Gasteiger partial charge is 0.507 e. The molecule has 0 amide bonds. The van der Waals surface area contributed by atoms with E-state index in [1.54, 1.807) is 18.2 Å². The Morgan fingerprint density at radius 1 is 1.25 bits per heavy atom. The van der Waals surface area contributed by atoms with E-state index in [4.69, 9.17) is 4.74 Å². The molecule has 1 aromatic carbocycles. The maximum atomic E-state index is 11.8. The summed E-state index contributed by atoms with van der Waals surface area (Å²) in [6.45, 7) is 5.67. The van der Waals surface area contributed by atoms with Crippen molar-refractivity contribution in [3.63, 3.8) is 0 Å². The van der Waals surface area contributed by atoms with Crippen molar-refractivity contribution in [2.24, 2.45) is 0 Å². The second kappa shape index (κ2) is 7.26. The molecule has 0 saturated carbocycles. The van der Waals surface area contributed by atoms with Crippen LogP contribution >= 0.6 is 0 Å². The molecule has 1 aliphatic heterocycles. The third-order valence-corrected chi connectivity index (χ3v) is 3.57. The van der Waals surface area contributed by atoms with Gasteiger partial charge in [-0.1, -0.05) is 12.1 Å². The second-order valence-corrected chi connectivity index (χ2v) is 5.15. The van der Waals surface area contributed by atoms with Gasteiger partial charge in [0.15, 0.2) is 0 Å². The van der Waals surface area contributed by atoms with E-state index < -0.39 is 5.97 Å². The van der Waals surface area contributed by atoms with Crippen LogP contribution in [0.2, 0.25) is 0 Å². The number of para-hydroxylation sites is 1. The Labute approximate surface area is 119 Å². The van der Waals surface area contributed by atoms with Crippen LogP contribution < -0.4 is 0 Å². The molecule has 5 heteroatoms. The van der Waals surface area contributed by atoms with Crippen molar-refractivity contribution >= 4 is 5.97 Å². The Bertz CT molecular complexity index is 442. The van der Waals surface area contributed by atoms with Gasteiger partial charge in [-0.3, -0.25) is 0 Å². The number of phenolic OH excluding ortho intramolecular Hbond substituents is 1. The van der Waals surface area contributed by atoms with Gasteiger partial charge in [0.2, 0.25) is 0 Å². The molecular formula is C15H22N2O3. The van der Waals surface area contributed by atoms with Crippen LogP contribution in [-0.4, -0.2) is 67.3 Å². The minimum Gasteiger partial charge on any atom is -0.507 e. The first-order valence-electron chi connectivity index (χ1n) is 7.03. The lowest BCUT2D eigenvalue weighted by Crippen LogP contribution is -2.44. The monoisotopic (exact) mass is 278 g/mol. The number of ether oxygens (including phenoxy) is 1. The summed E-state index contributed by atoms with van der Waals surface area (Å²) in [5.41, 5.74) is 0.229. The van der Waals surface area contributed by atoms with Crippen molar-refractivity contribution in [3.05, 3.63) is 29.8 Å². The molecule has 5 nitrogen and oxygen atoms in total. The summed E-state index contributed by atoms with van der Waals surface area (Å²) in [6.07, 6.45) is 0.822. The quantitative estimate of drug-likeness (QED) is 0.647. The van der Waals surface area contributed by atoms with Crippen LogP contribution in [0.3, 0.4) is 0 Å². The highest BCUT2D eigenvalue weighted by atomic mass is 16.5. The molecular weight excluding hydrogens is 256 g/mol. The van der Waals surface area contributed by atoms with E-state index in [0.29, 0.717) is 6.61 Å². The van der Waals surface area contributed by atoms with E-state index in [2.05, 4.69) is 16.8 Å². The number of benzene rings is 1. The zero-order valence-electron chi connectivity index (χ0n) is 11.9. The van der Waals surface area contributed by atoms with E-state index in [1.165, 1.54) is 6.07 Å². The number of hydrogen-bond donors (Lipinski definition) is 1. The number of carbonyl (C=O) groups is 1. The Balaban J connectivity index is 1.66. The molecule has 0 atom stereocenters. The van der Waals surface area contributed by atoms with E-state index in [9.17, 15) is 9.90 Å². The summed E-state index contributed by atoms with van der Waals surface area (Å²) in [5.74, 6) is -0.488. The summed E-state index contributed by atoms with van der Waals surface area (Å²) in [7, 11) is 2.13. The number of aromatic hydroxyl groups is 1. The Kier molecular flexibility index (Phi) is 5.38. The van der Waals surface area contributed by atoms with Crippen molar-refractivity contribution in [1.29, 1.82) is 0 Å². The van der Waals surface area contributed by atoms with E-state index in [1.807, 2.05) is 0 Å². The normalized spacial score (nSPS) is 17.1. The van der Waals surface area contributed by atoms with Crippen LogP contribution in [-0.2, 0) is 4.74 Å². The Hall–Kier alpha value is -1.59. The molecule has 1 N–H and O–H groups in total. The number of hydrogen-bond acceptors (Lipinski definition) is 5. The number of piperazine rings is 1. The van der Waals surface area contributed by atoms with Gasteiger partial charge in [0, 0.05) is 32.7 Å². The molecule has 1 saturated heterocycles. The van der Waals surface area contributed by atoms with Gasteiger partial charge in [0.05, 0.1) is 6.61 Å². The van der Waals surface area contributed by atoms with Crippen molar-refractivity contribution < 1.29 is 14.6 Å². The summed E-state index contributed by atoms with van der Waals surface area (Å²) in [6, 6.07) is 6.44. The fraction of sp³-hybridized carbons (Fsp3) is 0.533. The SMILES string of the molecule is CN1CCN(CCCOC(=O)c2ccccc2O)CC1. The van der Waals surface area contributed by atoms with Crippen molar-refractivity contribution in [3.8, 4) is 5.75 Å². The topological polar surface area (TPSA) is 53.0 Å². The zero-order chi connectivity index (χ0) is 14.4. The van der Waals surface area contributed by atoms with Crippen LogP contribution in [0.5, 0.6) is 5.75 Å². The maximum Gasteiger partial charge on any atom is 0.341 e. The lowest BCUT2D eigenvalue weighted by molar-refractivity contribution is 0.0476. The Morgan fingerprint density at radius 2 is 1.95 bits per heavy atom. The maximum absolute atomic E-state index is 11.8. The summed E-state index contributed by atoms with van der Waals surface area (Å²) in [5, 5.41) is 9.55. The van der Waals surface area contributed by atoms with Gasteiger partial charge in [0.1, 0.15) is 11.3 Å². The number of carbonyl (C=O) groups excluding carboxylic acids is 1. The van der Waals surface area contributed by atoms with Crippen LogP contribution in [0, 0.1) is 0 Å². The number of phenols is 1. The summed E-state index contributed by atoms with van der Waals surface area (Å²) >= 11 is 0. The number of rotatable bonds is 5. The molecule has 0 bridgehead atoms. The van der Waals surface area contributed by atoms with Gasteiger partial charge in [0.25, 0.3) is 0 Å². The molecule has 1 fully saturated rings. The van der Waals surface area contributed by atoms with Gasteiger partial charge >= 0.3 is 5.97 Å². The lowest BCUT2D eigenvalue weighted by atomic mass is 10.2. The predicted molar refractivity (Wildman–Crippen MR) is 76.9 cm³/mol. The molecule has 1 heterocycles. The van der Waals surface area contributed by atoms with Gasteiger partial charge in [-0.2, -0.15) is 0 Å². The smallest absolute Gasteiger partial charge is 0.341 e. The third-order valence-electron chi connectivity index (χ3n) is 3.57. The first-order chi connectivity index (χ1) is 9.66. The first kappa shape index (κ1) is 14.8. The highest BCUT2D eigenvalue weighted by Gasteiger charge is 2.14. The molecule has 1 aromatic rings.